The zero-order valence-corrected chi connectivity index (χ0v) is 10.4. The summed E-state index contributed by atoms with van der Waals surface area (Å²) in [6.45, 7) is 7.50. The first kappa shape index (κ1) is 11.8. The summed E-state index contributed by atoms with van der Waals surface area (Å²) in [4.78, 5) is 4.44. The standard InChI is InChI=1S/C13H18N4/c1-4-5-6-14-8-11-7-12-10(2)16-17(3)13(12)15-9-11/h4,7,9,14H,1,5-6,8H2,2-3H3. The molecule has 0 bridgehead atoms. The largest absolute Gasteiger partial charge is 0.312 e. The predicted molar refractivity (Wildman–Crippen MR) is 69.8 cm³/mol. The molecule has 1 N–H and O–H groups in total. The fourth-order valence-electron chi connectivity index (χ4n) is 1.88. The molecule has 0 aliphatic carbocycles. The van der Waals surface area contributed by atoms with Gasteiger partial charge in [0.2, 0.25) is 0 Å². The quantitative estimate of drug-likeness (QED) is 0.630. The Morgan fingerprint density at radius 3 is 3.12 bits per heavy atom. The van der Waals surface area contributed by atoms with E-state index in [9.17, 15) is 0 Å². The summed E-state index contributed by atoms with van der Waals surface area (Å²) in [5.74, 6) is 0. The maximum absolute atomic E-state index is 4.44. The normalized spacial score (nSPS) is 10.9. The molecular weight excluding hydrogens is 212 g/mol. The van der Waals surface area contributed by atoms with Gasteiger partial charge in [-0.15, -0.1) is 6.58 Å². The van der Waals surface area contributed by atoms with E-state index in [1.165, 1.54) is 5.56 Å². The second-order valence-electron chi connectivity index (χ2n) is 4.18. The molecule has 0 spiro atoms. The van der Waals surface area contributed by atoms with Crippen molar-refractivity contribution in [2.75, 3.05) is 6.54 Å². The van der Waals surface area contributed by atoms with Gasteiger partial charge >= 0.3 is 0 Å². The maximum Gasteiger partial charge on any atom is 0.157 e. The van der Waals surface area contributed by atoms with Gasteiger partial charge in [-0.2, -0.15) is 5.10 Å². The van der Waals surface area contributed by atoms with Crippen LogP contribution in [0.1, 0.15) is 17.7 Å². The van der Waals surface area contributed by atoms with E-state index < -0.39 is 0 Å². The zero-order valence-electron chi connectivity index (χ0n) is 10.4. The molecule has 4 heteroatoms. The number of aromatic nitrogens is 3. The minimum absolute atomic E-state index is 0.838. The van der Waals surface area contributed by atoms with Gasteiger partial charge in [-0.3, -0.25) is 4.68 Å². The maximum atomic E-state index is 4.44. The smallest absolute Gasteiger partial charge is 0.157 e. The summed E-state index contributed by atoms with van der Waals surface area (Å²) >= 11 is 0. The number of nitrogens with one attached hydrogen (secondary N) is 1. The second kappa shape index (κ2) is 5.10. The van der Waals surface area contributed by atoms with Crippen molar-refractivity contribution in [3.8, 4) is 0 Å². The van der Waals surface area contributed by atoms with E-state index in [0.717, 1.165) is 36.2 Å². The summed E-state index contributed by atoms with van der Waals surface area (Å²) in [5, 5.41) is 8.85. The van der Waals surface area contributed by atoms with E-state index in [1.807, 2.05) is 30.9 Å². The molecule has 0 aliphatic heterocycles. The van der Waals surface area contributed by atoms with E-state index in [1.54, 1.807) is 0 Å². The molecule has 0 atom stereocenters. The summed E-state index contributed by atoms with van der Waals surface area (Å²) < 4.78 is 1.82. The van der Waals surface area contributed by atoms with Crippen LogP contribution in [-0.2, 0) is 13.6 Å². The Morgan fingerprint density at radius 2 is 2.35 bits per heavy atom. The fourth-order valence-corrected chi connectivity index (χ4v) is 1.88. The van der Waals surface area contributed by atoms with E-state index >= 15 is 0 Å². The number of aryl methyl sites for hydroxylation is 2. The molecule has 0 fully saturated rings. The molecule has 0 amide bonds. The number of fused-ring (bicyclic) bond motifs is 1. The lowest BCUT2D eigenvalue weighted by atomic mass is 10.2. The van der Waals surface area contributed by atoms with Gasteiger partial charge in [0.05, 0.1) is 5.69 Å². The van der Waals surface area contributed by atoms with Crippen LogP contribution in [0.2, 0.25) is 0 Å². The number of nitrogens with zero attached hydrogens (tertiary/aromatic N) is 3. The first-order chi connectivity index (χ1) is 8.22. The van der Waals surface area contributed by atoms with Crippen LogP contribution in [0.15, 0.2) is 24.9 Å². The topological polar surface area (TPSA) is 42.7 Å². The van der Waals surface area contributed by atoms with Crippen LogP contribution in [0.3, 0.4) is 0 Å². The molecule has 0 unspecified atom stereocenters. The van der Waals surface area contributed by atoms with Crippen molar-refractivity contribution >= 4 is 11.0 Å². The Balaban J connectivity index is 2.14. The van der Waals surface area contributed by atoms with Crippen molar-refractivity contribution in [2.45, 2.75) is 19.9 Å². The summed E-state index contributed by atoms with van der Waals surface area (Å²) in [5.41, 5.74) is 3.16. The number of rotatable bonds is 5. The van der Waals surface area contributed by atoms with Gasteiger partial charge in [0.1, 0.15) is 0 Å². The number of pyridine rings is 1. The highest BCUT2D eigenvalue weighted by molar-refractivity contribution is 5.78. The van der Waals surface area contributed by atoms with Crippen molar-refractivity contribution < 1.29 is 0 Å². The van der Waals surface area contributed by atoms with Crippen LogP contribution in [0, 0.1) is 6.92 Å². The minimum atomic E-state index is 0.838. The molecule has 0 saturated heterocycles. The third kappa shape index (κ3) is 2.53. The minimum Gasteiger partial charge on any atom is -0.312 e. The zero-order chi connectivity index (χ0) is 12.3. The lowest BCUT2D eigenvalue weighted by Crippen LogP contribution is -2.14. The highest BCUT2D eigenvalue weighted by atomic mass is 15.3. The fraction of sp³-hybridized carbons (Fsp3) is 0.385. The molecule has 0 radical (unpaired) electrons. The van der Waals surface area contributed by atoms with Crippen LogP contribution < -0.4 is 5.32 Å². The van der Waals surface area contributed by atoms with Crippen molar-refractivity contribution in [2.24, 2.45) is 7.05 Å². The van der Waals surface area contributed by atoms with E-state index in [0.29, 0.717) is 0 Å². The van der Waals surface area contributed by atoms with Crippen LogP contribution in [-0.4, -0.2) is 21.3 Å². The van der Waals surface area contributed by atoms with E-state index in [2.05, 4.69) is 28.0 Å². The molecule has 4 nitrogen and oxygen atoms in total. The van der Waals surface area contributed by atoms with Gasteiger partial charge in [-0.25, -0.2) is 4.98 Å². The molecule has 2 rings (SSSR count). The SMILES string of the molecule is C=CCCNCc1cnc2c(c1)c(C)nn2C. The van der Waals surface area contributed by atoms with Gasteiger partial charge in [0.15, 0.2) is 5.65 Å². The van der Waals surface area contributed by atoms with Gasteiger partial charge in [0, 0.05) is 25.2 Å². The first-order valence-electron chi connectivity index (χ1n) is 5.82. The molecule has 0 aliphatic rings. The van der Waals surface area contributed by atoms with Crippen molar-refractivity contribution in [3.05, 3.63) is 36.2 Å². The molecule has 2 aromatic heterocycles. The molecule has 2 heterocycles. The van der Waals surface area contributed by atoms with Gasteiger partial charge in [0.25, 0.3) is 0 Å². The molecular formula is C13H18N4. The molecule has 17 heavy (non-hydrogen) atoms. The van der Waals surface area contributed by atoms with Crippen LogP contribution in [0.4, 0.5) is 0 Å². The second-order valence-corrected chi connectivity index (χ2v) is 4.18. The third-order valence-corrected chi connectivity index (χ3v) is 2.77. The summed E-state index contributed by atoms with van der Waals surface area (Å²) in [6.07, 6.45) is 4.81. The highest BCUT2D eigenvalue weighted by Crippen LogP contribution is 2.16. The Hall–Kier alpha value is -1.68. The first-order valence-corrected chi connectivity index (χ1v) is 5.82. The average molecular weight is 230 g/mol. The third-order valence-electron chi connectivity index (χ3n) is 2.77. The van der Waals surface area contributed by atoms with E-state index in [4.69, 9.17) is 0 Å². The Labute approximate surface area is 101 Å². The van der Waals surface area contributed by atoms with Crippen LogP contribution >= 0.6 is 0 Å². The molecule has 0 saturated carbocycles. The monoisotopic (exact) mass is 230 g/mol. The van der Waals surface area contributed by atoms with Crippen molar-refractivity contribution in [1.82, 2.24) is 20.1 Å². The Morgan fingerprint density at radius 1 is 1.53 bits per heavy atom. The van der Waals surface area contributed by atoms with Crippen LogP contribution in [0.5, 0.6) is 0 Å². The Kier molecular flexibility index (Phi) is 3.54. The number of hydrogen-bond donors (Lipinski definition) is 1. The molecule has 90 valence electrons. The summed E-state index contributed by atoms with van der Waals surface area (Å²) in [7, 11) is 1.92. The van der Waals surface area contributed by atoms with Crippen LogP contribution in [0.25, 0.3) is 11.0 Å². The lowest BCUT2D eigenvalue weighted by molar-refractivity contribution is 0.694. The molecule has 2 aromatic rings. The lowest BCUT2D eigenvalue weighted by Gasteiger charge is -2.03. The summed E-state index contributed by atoms with van der Waals surface area (Å²) in [6, 6.07) is 2.16. The number of hydrogen-bond acceptors (Lipinski definition) is 3. The van der Waals surface area contributed by atoms with Gasteiger partial charge in [-0.05, 0) is 31.5 Å². The predicted octanol–water partition coefficient (Wildman–Crippen LogP) is 1.94. The highest BCUT2D eigenvalue weighted by Gasteiger charge is 2.06. The average Bonchev–Trinajstić information content (AvgIpc) is 2.61. The Bertz CT molecular complexity index is 527. The van der Waals surface area contributed by atoms with Crippen molar-refractivity contribution in [3.63, 3.8) is 0 Å². The van der Waals surface area contributed by atoms with Crippen molar-refractivity contribution in [1.29, 1.82) is 0 Å². The van der Waals surface area contributed by atoms with Gasteiger partial charge in [-0.1, -0.05) is 6.08 Å². The molecule has 0 aromatic carbocycles. The van der Waals surface area contributed by atoms with Gasteiger partial charge < -0.3 is 5.32 Å². The van der Waals surface area contributed by atoms with E-state index in [-0.39, 0.29) is 0 Å².